The Morgan fingerprint density at radius 3 is 2.61 bits per heavy atom. The minimum absolute atomic E-state index is 0.164. The fraction of sp³-hybridized carbons (Fsp3) is 0.353. The topological polar surface area (TPSA) is 78.5 Å². The van der Waals surface area contributed by atoms with Gasteiger partial charge in [-0.05, 0) is 31.2 Å². The Hall–Kier alpha value is -2.47. The Bertz CT molecular complexity index is 640. The molecule has 23 heavy (non-hydrogen) atoms. The second-order valence-corrected chi connectivity index (χ2v) is 5.28. The molecule has 2 N–H and O–H groups in total. The molecule has 0 saturated heterocycles. The molecule has 0 aliphatic carbocycles. The summed E-state index contributed by atoms with van der Waals surface area (Å²) in [6.07, 6.45) is 2.54. The number of rotatable bonds is 8. The van der Waals surface area contributed by atoms with Gasteiger partial charge in [0.05, 0.1) is 11.1 Å². The van der Waals surface area contributed by atoms with Crippen molar-refractivity contribution in [2.45, 2.75) is 13.3 Å². The molecule has 0 radical (unpaired) electrons. The standard InChI is InChI=1S/C17H21N3O3/c1-3-7-18-8-9-19-15(21)12-5-6-13-14(11-12)17(23)20(10-4-2)16(13)22/h4-6,11,18H,2-3,7-10H2,1H3,(H,19,21). The van der Waals surface area contributed by atoms with Crippen LogP contribution in [0.1, 0.15) is 44.4 Å². The van der Waals surface area contributed by atoms with Crippen molar-refractivity contribution in [3.63, 3.8) is 0 Å². The third-order valence-electron chi connectivity index (χ3n) is 3.56. The van der Waals surface area contributed by atoms with E-state index in [1.54, 1.807) is 6.07 Å². The van der Waals surface area contributed by atoms with Gasteiger partial charge in [0, 0.05) is 25.2 Å². The number of imide groups is 1. The molecule has 0 unspecified atom stereocenters. The van der Waals surface area contributed by atoms with E-state index in [-0.39, 0.29) is 29.8 Å². The number of benzene rings is 1. The number of nitrogens with one attached hydrogen (secondary N) is 2. The molecule has 2 rings (SSSR count). The van der Waals surface area contributed by atoms with Crippen LogP contribution in [-0.4, -0.2) is 48.8 Å². The van der Waals surface area contributed by atoms with Gasteiger partial charge in [0.1, 0.15) is 0 Å². The molecule has 6 nitrogen and oxygen atoms in total. The van der Waals surface area contributed by atoms with Crippen molar-refractivity contribution >= 4 is 17.7 Å². The minimum Gasteiger partial charge on any atom is -0.351 e. The third kappa shape index (κ3) is 3.65. The van der Waals surface area contributed by atoms with Crippen molar-refractivity contribution in [3.05, 3.63) is 47.5 Å². The van der Waals surface area contributed by atoms with E-state index in [9.17, 15) is 14.4 Å². The number of nitrogens with zero attached hydrogens (tertiary/aromatic N) is 1. The number of amides is 3. The highest BCUT2D eigenvalue weighted by Crippen LogP contribution is 2.23. The Labute approximate surface area is 135 Å². The summed E-state index contributed by atoms with van der Waals surface area (Å²) in [7, 11) is 0. The lowest BCUT2D eigenvalue weighted by Crippen LogP contribution is -2.32. The predicted octanol–water partition coefficient (Wildman–Crippen LogP) is 1.20. The number of fused-ring (bicyclic) bond motifs is 1. The van der Waals surface area contributed by atoms with E-state index in [0.29, 0.717) is 24.2 Å². The van der Waals surface area contributed by atoms with Crippen LogP contribution < -0.4 is 10.6 Å². The van der Waals surface area contributed by atoms with Crippen LogP contribution in [0.2, 0.25) is 0 Å². The van der Waals surface area contributed by atoms with Crippen molar-refractivity contribution in [3.8, 4) is 0 Å². The summed E-state index contributed by atoms with van der Waals surface area (Å²) in [5, 5.41) is 5.97. The van der Waals surface area contributed by atoms with E-state index in [2.05, 4.69) is 24.1 Å². The zero-order valence-electron chi connectivity index (χ0n) is 13.2. The average Bonchev–Trinajstić information content (AvgIpc) is 2.79. The maximum atomic E-state index is 12.2. The molecule has 122 valence electrons. The smallest absolute Gasteiger partial charge is 0.261 e. The molecule has 0 atom stereocenters. The van der Waals surface area contributed by atoms with Gasteiger partial charge >= 0.3 is 0 Å². The lowest BCUT2D eigenvalue weighted by atomic mass is 10.1. The minimum atomic E-state index is -0.385. The van der Waals surface area contributed by atoms with Crippen LogP contribution >= 0.6 is 0 Å². The fourth-order valence-corrected chi connectivity index (χ4v) is 2.40. The Morgan fingerprint density at radius 2 is 1.91 bits per heavy atom. The lowest BCUT2D eigenvalue weighted by Gasteiger charge is -2.09. The molecule has 6 heteroatoms. The van der Waals surface area contributed by atoms with Crippen molar-refractivity contribution in [2.75, 3.05) is 26.2 Å². The molecule has 0 aromatic heterocycles. The van der Waals surface area contributed by atoms with Crippen LogP contribution in [0.5, 0.6) is 0 Å². The SMILES string of the molecule is C=CCN1C(=O)c2ccc(C(=O)NCCNCCC)cc2C1=O. The van der Waals surface area contributed by atoms with Gasteiger partial charge in [-0.2, -0.15) is 0 Å². The van der Waals surface area contributed by atoms with Gasteiger partial charge in [-0.1, -0.05) is 13.0 Å². The largest absolute Gasteiger partial charge is 0.351 e. The molecular formula is C17H21N3O3. The highest BCUT2D eigenvalue weighted by atomic mass is 16.2. The van der Waals surface area contributed by atoms with E-state index in [4.69, 9.17) is 0 Å². The second kappa shape index (κ2) is 7.69. The van der Waals surface area contributed by atoms with E-state index in [1.807, 2.05) is 0 Å². The van der Waals surface area contributed by atoms with Gasteiger partial charge in [0.15, 0.2) is 0 Å². The Morgan fingerprint density at radius 1 is 1.17 bits per heavy atom. The summed E-state index contributed by atoms with van der Waals surface area (Å²) in [6.45, 7) is 7.88. The first-order chi connectivity index (χ1) is 11.1. The summed E-state index contributed by atoms with van der Waals surface area (Å²) in [6, 6.07) is 4.58. The maximum absolute atomic E-state index is 12.2. The van der Waals surface area contributed by atoms with Crippen LogP contribution in [0.25, 0.3) is 0 Å². The number of carbonyl (C=O) groups excluding carboxylic acids is 3. The quantitative estimate of drug-likeness (QED) is 0.429. The molecule has 0 bridgehead atoms. The van der Waals surface area contributed by atoms with E-state index in [1.165, 1.54) is 18.2 Å². The first-order valence-corrected chi connectivity index (χ1v) is 7.70. The predicted molar refractivity (Wildman–Crippen MR) is 87.5 cm³/mol. The summed E-state index contributed by atoms with van der Waals surface area (Å²) in [5.74, 6) is -0.988. The van der Waals surface area contributed by atoms with Crippen molar-refractivity contribution in [1.29, 1.82) is 0 Å². The van der Waals surface area contributed by atoms with E-state index < -0.39 is 0 Å². The first-order valence-electron chi connectivity index (χ1n) is 7.70. The molecule has 1 aromatic rings. The van der Waals surface area contributed by atoms with Gasteiger partial charge < -0.3 is 10.6 Å². The van der Waals surface area contributed by atoms with Gasteiger partial charge in [-0.3, -0.25) is 19.3 Å². The van der Waals surface area contributed by atoms with Crippen molar-refractivity contribution < 1.29 is 14.4 Å². The highest BCUT2D eigenvalue weighted by molar-refractivity contribution is 6.22. The fourth-order valence-electron chi connectivity index (χ4n) is 2.40. The molecule has 1 aliphatic rings. The first kappa shape index (κ1) is 16.9. The molecule has 0 saturated carbocycles. The monoisotopic (exact) mass is 315 g/mol. The summed E-state index contributed by atoms with van der Waals surface area (Å²) >= 11 is 0. The van der Waals surface area contributed by atoms with Crippen LogP contribution in [0.4, 0.5) is 0 Å². The van der Waals surface area contributed by atoms with Crippen molar-refractivity contribution in [1.82, 2.24) is 15.5 Å². The zero-order valence-corrected chi connectivity index (χ0v) is 13.2. The molecule has 1 aromatic carbocycles. The second-order valence-electron chi connectivity index (χ2n) is 5.28. The summed E-state index contributed by atoms with van der Waals surface area (Å²) in [4.78, 5) is 37.5. The van der Waals surface area contributed by atoms with E-state index >= 15 is 0 Å². The highest BCUT2D eigenvalue weighted by Gasteiger charge is 2.35. The number of carbonyl (C=O) groups is 3. The van der Waals surface area contributed by atoms with Crippen LogP contribution in [0.15, 0.2) is 30.9 Å². The Kier molecular flexibility index (Phi) is 5.65. The van der Waals surface area contributed by atoms with Gasteiger partial charge in [0.2, 0.25) is 0 Å². The third-order valence-corrected chi connectivity index (χ3v) is 3.56. The Balaban J connectivity index is 2.05. The van der Waals surface area contributed by atoms with Gasteiger partial charge in [-0.25, -0.2) is 0 Å². The molecule has 3 amide bonds. The molecule has 0 fully saturated rings. The summed E-state index contributed by atoms with van der Waals surface area (Å²) < 4.78 is 0. The van der Waals surface area contributed by atoms with Crippen LogP contribution in [0, 0.1) is 0 Å². The summed E-state index contributed by atoms with van der Waals surface area (Å²) in [5.41, 5.74) is 0.979. The normalized spacial score (nSPS) is 13.2. The van der Waals surface area contributed by atoms with Gasteiger partial charge in [0.25, 0.3) is 17.7 Å². The molecular weight excluding hydrogens is 294 g/mol. The molecule has 1 heterocycles. The van der Waals surface area contributed by atoms with Crippen LogP contribution in [0.3, 0.4) is 0 Å². The number of hydrogen-bond donors (Lipinski definition) is 2. The van der Waals surface area contributed by atoms with E-state index in [0.717, 1.165) is 17.9 Å². The maximum Gasteiger partial charge on any atom is 0.261 e. The average molecular weight is 315 g/mol. The van der Waals surface area contributed by atoms with Crippen molar-refractivity contribution in [2.24, 2.45) is 0 Å². The number of hydrogen-bond acceptors (Lipinski definition) is 4. The van der Waals surface area contributed by atoms with Crippen LogP contribution in [-0.2, 0) is 0 Å². The molecule has 0 spiro atoms. The lowest BCUT2D eigenvalue weighted by molar-refractivity contribution is 0.0672. The van der Waals surface area contributed by atoms with Gasteiger partial charge in [-0.15, -0.1) is 6.58 Å². The molecule has 1 aliphatic heterocycles. The zero-order chi connectivity index (χ0) is 16.8.